The fourth-order valence-electron chi connectivity index (χ4n) is 1.10. The molecule has 0 bridgehead atoms. The fourth-order valence-corrected chi connectivity index (χ4v) is 1.10. The van der Waals surface area contributed by atoms with Gasteiger partial charge in [0.05, 0.1) is 11.4 Å². The van der Waals surface area contributed by atoms with E-state index in [-0.39, 0.29) is 0 Å². The highest BCUT2D eigenvalue weighted by Gasteiger charge is 2.02. The Bertz CT molecular complexity index is 414. The summed E-state index contributed by atoms with van der Waals surface area (Å²) in [6.07, 6.45) is 0. The Morgan fingerprint density at radius 1 is 0.714 bits per heavy atom. The lowest BCUT2D eigenvalue weighted by molar-refractivity contribution is 0.578. The van der Waals surface area contributed by atoms with Gasteiger partial charge in [0.2, 0.25) is 11.9 Å². The lowest BCUT2D eigenvalue weighted by Gasteiger charge is -1.98. The van der Waals surface area contributed by atoms with E-state index in [1.165, 1.54) is 24.3 Å². The van der Waals surface area contributed by atoms with E-state index in [1.807, 2.05) is 0 Å². The molecule has 0 saturated heterocycles. The van der Waals surface area contributed by atoms with Crippen molar-refractivity contribution in [3.63, 3.8) is 0 Å². The molecule has 4 heteroatoms. The molecular formula is C10H6F2N2. The molecule has 70 valence electrons. The number of rotatable bonds is 1. The molecule has 2 aromatic rings. The molecule has 2 nitrogen and oxygen atoms in total. The molecule has 0 aliphatic rings. The quantitative estimate of drug-likeness (QED) is 0.648. The molecule has 0 N–H and O–H groups in total. The highest BCUT2D eigenvalue weighted by molar-refractivity contribution is 5.52. The van der Waals surface area contributed by atoms with Crippen LogP contribution in [0, 0.1) is 11.9 Å². The predicted molar refractivity (Wildman–Crippen MR) is 47.4 cm³/mol. The Morgan fingerprint density at radius 3 is 1.50 bits per heavy atom. The zero-order chi connectivity index (χ0) is 9.97. The summed E-state index contributed by atoms with van der Waals surface area (Å²) in [6, 6.07) is 8.61. The van der Waals surface area contributed by atoms with Crippen LogP contribution >= 0.6 is 0 Å². The standard InChI is InChI=1S/C10H6F2N2/c11-9-5-1-3-7(13-9)8-4-2-6-10(12)14-8/h1-6H. The van der Waals surface area contributed by atoms with Crippen molar-refractivity contribution in [1.82, 2.24) is 9.97 Å². The van der Waals surface area contributed by atoms with E-state index in [4.69, 9.17) is 0 Å². The maximum atomic E-state index is 12.7. The largest absolute Gasteiger partial charge is 0.218 e. The molecule has 0 radical (unpaired) electrons. The second-order valence-electron chi connectivity index (χ2n) is 2.69. The van der Waals surface area contributed by atoms with Gasteiger partial charge in [0.1, 0.15) is 0 Å². The molecule has 0 aliphatic carbocycles. The normalized spacial score (nSPS) is 10.1. The Hall–Kier alpha value is -1.84. The molecular weight excluding hydrogens is 186 g/mol. The molecule has 0 unspecified atom stereocenters. The van der Waals surface area contributed by atoms with Crippen LogP contribution in [0.3, 0.4) is 0 Å². The van der Waals surface area contributed by atoms with Crippen LogP contribution in [0.1, 0.15) is 0 Å². The third kappa shape index (κ3) is 1.74. The van der Waals surface area contributed by atoms with Crippen molar-refractivity contribution in [1.29, 1.82) is 0 Å². The highest BCUT2D eigenvalue weighted by Crippen LogP contribution is 2.13. The molecule has 0 fully saturated rings. The van der Waals surface area contributed by atoms with Gasteiger partial charge >= 0.3 is 0 Å². The SMILES string of the molecule is Fc1cccc(-c2cccc(F)n2)n1. The van der Waals surface area contributed by atoms with Crippen LogP contribution in [0.5, 0.6) is 0 Å². The maximum Gasteiger partial charge on any atom is 0.213 e. The summed E-state index contributed by atoms with van der Waals surface area (Å²) >= 11 is 0. The molecule has 0 atom stereocenters. The average Bonchev–Trinajstić information content (AvgIpc) is 2.18. The lowest BCUT2D eigenvalue weighted by Crippen LogP contribution is -1.91. The van der Waals surface area contributed by atoms with Crippen molar-refractivity contribution in [3.8, 4) is 11.4 Å². The van der Waals surface area contributed by atoms with Gasteiger partial charge < -0.3 is 0 Å². The van der Waals surface area contributed by atoms with E-state index in [2.05, 4.69) is 9.97 Å². The summed E-state index contributed by atoms with van der Waals surface area (Å²) in [5.41, 5.74) is 0.647. The molecule has 0 aliphatic heterocycles. The molecule has 0 amide bonds. The van der Waals surface area contributed by atoms with Crippen molar-refractivity contribution >= 4 is 0 Å². The molecule has 2 rings (SSSR count). The first kappa shape index (κ1) is 8.74. The first-order valence-corrected chi connectivity index (χ1v) is 4.01. The summed E-state index contributed by atoms with van der Waals surface area (Å²) < 4.78 is 25.4. The van der Waals surface area contributed by atoms with Gasteiger partial charge in [-0.2, -0.15) is 8.78 Å². The van der Waals surface area contributed by atoms with Gasteiger partial charge in [-0.15, -0.1) is 0 Å². The van der Waals surface area contributed by atoms with Crippen molar-refractivity contribution < 1.29 is 8.78 Å². The van der Waals surface area contributed by atoms with Gasteiger partial charge in [-0.25, -0.2) is 9.97 Å². The van der Waals surface area contributed by atoms with Crippen LogP contribution in [0.15, 0.2) is 36.4 Å². The van der Waals surface area contributed by atoms with E-state index in [0.717, 1.165) is 0 Å². The first-order valence-electron chi connectivity index (χ1n) is 4.01. The zero-order valence-corrected chi connectivity index (χ0v) is 7.11. The summed E-state index contributed by atoms with van der Waals surface area (Å²) in [7, 11) is 0. The van der Waals surface area contributed by atoms with E-state index in [9.17, 15) is 8.78 Å². The minimum atomic E-state index is -0.603. The minimum Gasteiger partial charge on any atom is -0.218 e. The molecule has 0 saturated carbocycles. The summed E-state index contributed by atoms with van der Waals surface area (Å²) in [6.45, 7) is 0. The monoisotopic (exact) mass is 192 g/mol. The number of halogens is 2. The predicted octanol–water partition coefficient (Wildman–Crippen LogP) is 2.42. The van der Waals surface area contributed by atoms with Crippen LogP contribution in [0.25, 0.3) is 11.4 Å². The van der Waals surface area contributed by atoms with Gasteiger partial charge in [-0.1, -0.05) is 12.1 Å². The van der Waals surface area contributed by atoms with Crippen LogP contribution in [0.2, 0.25) is 0 Å². The summed E-state index contributed by atoms with van der Waals surface area (Å²) in [5, 5.41) is 0. The Kier molecular flexibility index (Phi) is 2.18. The van der Waals surface area contributed by atoms with Crippen LogP contribution in [-0.2, 0) is 0 Å². The van der Waals surface area contributed by atoms with Crippen molar-refractivity contribution in [2.75, 3.05) is 0 Å². The van der Waals surface area contributed by atoms with Crippen molar-refractivity contribution in [3.05, 3.63) is 48.3 Å². The van der Waals surface area contributed by atoms with E-state index in [0.29, 0.717) is 11.4 Å². The van der Waals surface area contributed by atoms with Crippen molar-refractivity contribution in [2.24, 2.45) is 0 Å². The third-order valence-corrected chi connectivity index (χ3v) is 1.69. The van der Waals surface area contributed by atoms with Gasteiger partial charge in [0.15, 0.2) is 0 Å². The summed E-state index contributed by atoms with van der Waals surface area (Å²) in [4.78, 5) is 7.18. The number of hydrogen-bond acceptors (Lipinski definition) is 2. The Morgan fingerprint density at radius 2 is 1.14 bits per heavy atom. The number of nitrogens with zero attached hydrogens (tertiary/aromatic N) is 2. The fraction of sp³-hybridized carbons (Fsp3) is 0. The molecule has 0 spiro atoms. The van der Waals surface area contributed by atoms with Gasteiger partial charge in [0, 0.05) is 0 Å². The summed E-state index contributed by atoms with van der Waals surface area (Å²) in [5.74, 6) is -1.21. The van der Waals surface area contributed by atoms with E-state index < -0.39 is 11.9 Å². The Balaban J connectivity index is 2.49. The van der Waals surface area contributed by atoms with Crippen LogP contribution in [-0.4, -0.2) is 9.97 Å². The number of hydrogen-bond donors (Lipinski definition) is 0. The molecule has 0 aromatic carbocycles. The van der Waals surface area contributed by atoms with Gasteiger partial charge in [-0.05, 0) is 24.3 Å². The second-order valence-corrected chi connectivity index (χ2v) is 2.69. The first-order chi connectivity index (χ1) is 6.75. The van der Waals surface area contributed by atoms with E-state index in [1.54, 1.807) is 12.1 Å². The zero-order valence-electron chi connectivity index (χ0n) is 7.11. The molecule has 2 heterocycles. The Labute approximate surface area is 79.3 Å². The van der Waals surface area contributed by atoms with Crippen LogP contribution in [0.4, 0.5) is 8.78 Å². The van der Waals surface area contributed by atoms with E-state index >= 15 is 0 Å². The average molecular weight is 192 g/mol. The minimum absolute atomic E-state index is 0.324. The van der Waals surface area contributed by atoms with Gasteiger partial charge in [-0.3, -0.25) is 0 Å². The molecule has 2 aromatic heterocycles. The van der Waals surface area contributed by atoms with Gasteiger partial charge in [0.25, 0.3) is 0 Å². The van der Waals surface area contributed by atoms with Crippen LogP contribution < -0.4 is 0 Å². The smallest absolute Gasteiger partial charge is 0.213 e. The maximum absolute atomic E-state index is 12.7. The number of aromatic nitrogens is 2. The lowest BCUT2D eigenvalue weighted by atomic mass is 10.2. The number of pyridine rings is 2. The topological polar surface area (TPSA) is 25.8 Å². The van der Waals surface area contributed by atoms with Crippen molar-refractivity contribution in [2.45, 2.75) is 0 Å². The highest BCUT2D eigenvalue weighted by atomic mass is 19.1. The second kappa shape index (κ2) is 3.49. The third-order valence-electron chi connectivity index (χ3n) is 1.69. The molecule has 14 heavy (non-hydrogen) atoms.